The van der Waals surface area contributed by atoms with Gasteiger partial charge in [0.05, 0.1) is 18.8 Å². The minimum absolute atomic E-state index is 0.172. The number of aromatic nitrogens is 1. The number of oxazole rings is 1. The van der Waals surface area contributed by atoms with Gasteiger partial charge < -0.3 is 14.5 Å². The molecule has 108 valence electrons. The van der Waals surface area contributed by atoms with E-state index in [0.717, 1.165) is 28.7 Å². The third kappa shape index (κ3) is 3.39. The van der Waals surface area contributed by atoms with Gasteiger partial charge in [0.25, 0.3) is 0 Å². The molecule has 0 bridgehead atoms. The Morgan fingerprint density at radius 3 is 2.70 bits per heavy atom. The molecule has 0 fully saturated rings. The highest BCUT2D eigenvalue weighted by atomic mass is 16.5. The summed E-state index contributed by atoms with van der Waals surface area (Å²) in [5.41, 5.74) is 2.10. The summed E-state index contributed by atoms with van der Waals surface area (Å²) in [5, 5.41) is 3.42. The van der Waals surface area contributed by atoms with E-state index in [9.17, 15) is 0 Å². The Balaban J connectivity index is 2.02. The fourth-order valence-corrected chi connectivity index (χ4v) is 2.09. The molecular formula is C16H22N2O2. The summed E-state index contributed by atoms with van der Waals surface area (Å²) in [6.07, 6.45) is 0. The van der Waals surface area contributed by atoms with Crippen molar-refractivity contribution in [3.05, 3.63) is 47.2 Å². The topological polar surface area (TPSA) is 47.3 Å². The molecule has 0 saturated carbocycles. The molecule has 2 aromatic rings. The van der Waals surface area contributed by atoms with E-state index in [-0.39, 0.29) is 6.04 Å². The van der Waals surface area contributed by atoms with Gasteiger partial charge in [-0.25, -0.2) is 4.98 Å². The molecule has 4 heteroatoms. The van der Waals surface area contributed by atoms with E-state index in [0.29, 0.717) is 13.2 Å². The maximum Gasteiger partial charge on any atom is 0.208 e. The molecule has 1 aromatic heterocycles. The van der Waals surface area contributed by atoms with Crippen LogP contribution in [0.2, 0.25) is 0 Å². The van der Waals surface area contributed by atoms with E-state index in [4.69, 9.17) is 9.15 Å². The van der Waals surface area contributed by atoms with E-state index in [1.165, 1.54) is 0 Å². The van der Waals surface area contributed by atoms with Gasteiger partial charge >= 0.3 is 0 Å². The van der Waals surface area contributed by atoms with Crippen LogP contribution in [0.4, 0.5) is 0 Å². The molecule has 0 spiro atoms. The second-order valence-corrected chi connectivity index (χ2v) is 4.82. The van der Waals surface area contributed by atoms with Crippen molar-refractivity contribution < 1.29 is 9.15 Å². The lowest BCUT2D eigenvalue weighted by molar-refractivity contribution is 0.331. The van der Waals surface area contributed by atoms with Crippen LogP contribution < -0.4 is 10.1 Å². The summed E-state index contributed by atoms with van der Waals surface area (Å²) >= 11 is 0. The molecule has 2 rings (SSSR count). The van der Waals surface area contributed by atoms with Crippen LogP contribution in [0.3, 0.4) is 0 Å². The molecule has 1 N–H and O–H groups in total. The number of hydrogen-bond donors (Lipinski definition) is 1. The minimum atomic E-state index is 0.172. The number of benzene rings is 1. The molecule has 1 aromatic carbocycles. The number of nitrogens with zero attached hydrogens (tertiary/aromatic N) is 1. The molecule has 1 atom stereocenters. The normalized spacial score (nSPS) is 12.4. The van der Waals surface area contributed by atoms with E-state index in [1.807, 2.05) is 39.0 Å². The van der Waals surface area contributed by atoms with Crippen molar-refractivity contribution in [2.45, 2.75) is 40.3 Å². The molecule has 0 aliphatic heterocycles. The van der Waals surface area contributed by atoms with Gasteiger partial charge in [0.15, 0.2) is 0 Å². The quantitative estimate of drug-likeness (QED) is 0.875. The predicted octanol–water partition coefficient (Wildman–Crippen LogP) is 3.54. The smallest absolute Gasteiger partial charge is 0.208 e. The van der Waals surface area contributed by atoms with Gasteiger partial charge in [0.1, 0.15) is 11.5 Å². The first-order chi connectivity index (χ1) is 9.61. The number of hydrogen-bond acceptors (Lipinski definition) is 4. The summed E-state index contributed by atoms with van der Waals surface area (Å²) < 4.78 is 11.2. The molecule has 1 heterocycles. The maximum absolute atomic E-state index is 5.65. The molecule has 4 nitrogen and oxygen atoms in total. The largest absolute Gasteiger partial charge is 0.494 e. The zero-order valence-electron chi connectivity index (χ0n) is 12.6. The fourth-order valence-electron chi connectivity index (χ4n) is 2.09. The highest BCUT2D eigenvalue weighted by molar-refractivity contribution is 5.35. The summed E-state index contributed by atoms with van der Waals surface area (Å²) in [4.78, 5) is 4.37. The Labute approximate surface area is 120 Å². The number of ether oxygens (including phenoxy) is 1. The predicted molar refractivity (Wildman–Crippen MR) is 78.8 cm³/mol. The third-order valence-electron chi connectivity index (χ3n) is 3.32. The number of para-hydroxylation sites is 1. The van der Waals surface area contributed by atoms with Crippen LogP contribution in [0.15, 0.2) is 28.7 Å². The van der Waals surface area contributed by atoms with Gasteiger partial charge in [-0.3, -0.25) is 0 Å². The Hall–Kier alpha value is -1.81. The molecule has 0 aliphatic rings. The van der Waals surface area contributed by atoms with E-state index < -0.39 is 0 Å². The SMILES string of the molecule is CCOc1ccccc1C(C)NCc1nc(C)c(C)o1. The van der Waals surface area contributed by atoms with Crippen molar-refractivity contribution in [2.24, 2.45) is 0 Å². The first kappa shape index (κ1) is 14.6. The monoisotopic (exact) mass is 274 g/mol. The summed E-state index contributed by atoms with van der Waals surface area (Å²) in [7, 11) is 0. The van der Waals surface area contributed by atoms with Crippen molar-refractivity contribution in [1.82, 2.24) is 10.3 Å². The lowest BCUT2D eigenvalue weighted by atomic mass is 10.1. The van der Waals surface area contributed by atoms with Crippen molar-refractivity contribution >= 4 is 0 Å². The molecule has 20 heavy (non-hydrogen) atoms. The van der Waals surface area contributed by atoms with Gasteiger partial charge in [0.2, 0.25) is 5.89 Å². The van der Waals surface area contributed by atoms with Crippen LogP contribution in [-0.4, -0.2) is 11.6 Å². The lowest BCUT2D eigenvalue weighted by Gasteiger charge is -2.17. The van der Waals surface area contributed by atoms with Gasteiger partial charge in [-0.2, -0.15) is 0 Å². The first-order valence-corrected chi connectivity index (χ1v) is 6.99. The van der Waals surface area contributed by atoms with Crippen LogP contribution in [0.5, 0.6) is 5.75 Å². The molecule has 0 aliphatic carbocycles. The standard InChI is InChI=1S/C16H22N2O2/c1-5-19-15-9-7-6-8-14(15)12(3)17-10-16-18-11(2)13(4)20-16/h6-9,12,17H,5,10H2,1-4H3. The van der Waals surface area contributed by atoms with Crippen molar-refractivity contribution in [1.29, 1.82) is 0 Å². The third-order valence-corrected chi connectivity index (χ3v) is 3.32. The van der Waals surface area contributed by atoms with Gasteiger partial charge in [-0.1, -0.05) is 18.2 Å². The van der Waals surface area contributed by atoms with E-state index in [1.54, 1.807) is 0 Å². The van der Waals surface area contributed by atoms with E-state index >= 15 is 0 Å². The second kappa shape index (κ2) is 6.57. The van der Waals surface area contributed by atoms with Gasteiger partial charge in [-0.15, -0.1) is 0 Å². The van der Waals surface area contributed by atoms with Crippen LogP contribution >= 0.6 is 0 Å². The second-order valence-electron chi connectivity index (χ2n) is 4.82. The highest BCUT2D eigenvalue weighted by Gasteiger charge is 2.12. The zero-order chi connectivity index (χ0) is 14.5. The Morgan fingerprint density at radius 2 is 2.05 bits per heavy atom. The first-order valence-electron chi connectivity index (χ1n) is 6.99. The molecular weight excluding hydrogens is 252 g/mol. The van der Waals surface area contributed by atoms with Gasteiger partial charge in [0, 0.05) is 11.6 Å². The summed E-state index contributed by atoms with van der Waals surface area (Å²) in [6.45, 7) is 9.27. The summed E-state index contributed by atoms with van der Waals surface area (Å²) in [6, 6.07) is 8.26. The Kier molecular flexibility index (Phi) is 4.79. The van der Waals surface area contributed by atoms with Crippen molar-refractivity contribution in [3.63, 3.8) is 0 Å². The maximum atomic E-state index is 5.65. The van der Waals surface area contributed by atoms with E-state index in [2.05, 4.69) is 23.3 Å². The average molecular weight is 274 g/mol. The van der Waals surface area contributed by atoms with Gasteiger partial charge in [-0.05, 0) is 33.8 Å². The number of aryl methyl sites for hydroxylation is 2. The zero-order valence-corrected chi connectivity index (χ0v) is 12.6. The summed E-state index contributed by atoms with van der Waals surface area (Å²) in [5.74, 6) is 2.53. The van der Waals surface area contributed by atoms with Crippen LogP contribution in [0.1, 0.15) is 42.8 Å². The fraction of sp³-hybridized carbons (Fsp3) is 0.438. The van der Waals surface area contributed by atoms with Crippen LogP contribution in [-0.2, 0) is 6.54 Å². The molecule has 0 amide bonds. The average Bonchev–Trinajstić information content (AvgIpc) is 2.76. The number of rotatable bonds is 6. The molecule has 1 unspecified atom stereocenters. The Morgan fingerprint density at radius 1 is 1.30 bits per heavy atom. The molecule has 0 saturated heterocycles. The Bertz CT molecular complexity index is 544. The molecule has 0 radical (unpaired) electrons. The lowest BCUT2D eigenvalue weighted by Crippen LogP contribution is -2.19. The number of nitrogens with one attached hydrogen (secondary N) is 1. The van der Waals surface area contributed by atoms with Crippen LogP contribution in [0.25, 0.3) is 0 Å². The van der Waals surface area contributed by atoms with Crippen molar-refractivity contribution in [3.8, 4) is 5.75 Å². The van der Waals surface area contributed by atoms with Crippen LogP contribution in [0, 0.1) is 13.8 Å². The minimum Gasteiger partial charge on any atom is -0.494 e. The highest BCUT2D eigenvalue weighted by Crippen LogP contribution is 2.25. The van der Waals surface area contributed by atoms with Crippen molar-refractivity contribution in [2.75, 3.05) is 6.61 Å².